The molecule has 2 amide bonds. The Kier molecular flexibility index (Phi) is 6.34. The maximum Gasteiger partial charge on any atom is 0.319 e. The van der Waals surface area contributed by atoms with Gasteiger partial charge >= 0.3 is 12.0 Å². The normalized spacial score (nSPS) is 21.2. The summed E-state index contributed by atoms with van der Waals surface area (Å²) in [6, 6.07) is 7.25. The number of carbonyl (C=O) groups is 2. The first-order valence-corrected chi connectivity index (χ1v) is 9.40. The zero-order chi connectivity index (χ0) is 19.2. The van der Waals surface area contributed by atoms with Crippen LogP contribution in [0.15, 0.2) is 36.9 Å². The van der Waals surface area contributed by atoms with Gasteiger partial charge in [-0.25, -0.2) is 4.79 Å². The van der Waals surface area contributed by atoms with Crippen LogP contribution in [0.2, 0.25) is 0 Å². The molecule has 27 heavy (non-hydrogen) atoms. The number of nitrogens with one attached hydrogen (secondary N) is 2. The standard InChI is InChI=1S/C20H27N3O4/c1-2-8-27-18-5-3-4-15(11-18)21-20(26)22-16-9-17(10-16)23(13-19(24)25)12-14-6-7-14/h2-5,11,14,16-17H,1,6-10,12-13H2,(H,24,25)(H2,21,22,26). The first kappa shape index (κ1) is 19.2. The van der Waals surface area contributed by atoms with Gasteiger partial charge in [-0.3, -0.25) is 9.69 Å². The summed E-state index contributed by atoms with van der Waals surface area (Å²) in [6.07, 6.45) is 5.63. The molecule has 2 aliphatic carbocycles. The predicted molar refractivity (Wildman–Crippen MR) is 103 cm³/mol. The summed E-state index contributed by atoms with van der Waals surface area (Å²) >= 11 is 0. The highest BCUT2D eigenvalue weighted by Crippen LogP contribution is 2.33. The minimum absolute atomic E-state index is 0.0747. The van der Waals surface area contributed by atoms with E-state index >= 15 is 0 Å². The molecule has 0 saturated heterocycles. The second kappa shape index (κ2) is 8.90. The van der Waals surface area contributed by atoms with Gasteiger partial charge in [-0.15, -0.1) is 0 Å². The summed E-state index contributed by atoms with van der Waals surface area (Å²) < 4.78 is 5.46. The third-order valence-electron chi connectivity index (χ3n) is 4.95. The van der Waals surface area contributed by atoms with Crippen LogP contribution in [0.1, 0.15) is 25.7 Å². The van der Waals surface area contributed by atoms with E-state index in [-0.39, 0.29) is 24.7 Å². The van der Waals surface area contributed by atoms with Crippen molar-refractivity contribution in [3.05, 3.63) is 36.9 Å². The van der Waals surface area contributed by atoms with Gasteiger partial charge in [0.15, 0.2) is 0 Å². The first-order valence-electron chi connectivity index (χ1n) is 9.40. The van der Waals surface area contributed by atoms with Gasteiger partial charge in [-0.2, -0.15) is 0 Å². The monoisotopic (exact) mass is 373 g/mol. The molecule has 1 aromatic rings. The van der Waals surface area contributed by atoms with Crippen LogP contribution in [0.4, 0.5) is 10.5 Å². The minimum Gasteiger partial charge on any atom is -0.489 e. The van der Waals surface area contributed by atoms with Crippen molar-refractivity contribution in [2.75, 3.05) is 25.0 Å². The van der Waals surface area contributed by atoms with Crippen LogP contribution in [0.3, 0.4) is 0 Å². The van der Waals surface area contributed by atoms with Crippen molar-refractivity contribution in [2.24, 2.45) is 5.92 Å². The molecule has 1 aromatic carbocycles. The van der Waals surface area contributed by atoms with Crippen LogP contribution in [0.25, 0.3) is 0 Å². The van der Waals surface area contributed by atoms with E-state index in [4.69, 9.17) is 9.84 Å². The summed E-state index contributed by atoms with van der Waals surface area (Å²) in [4.78, 5) is 25.3. The fourth-order valence-corrected chi connectivity index (χ4v) is 3.32. The number of anilines is 1. The number of rotatable bonds is 10. The second-order valence-electron chi connectivity index (χ2n) is 7.31. The molecule has 0 radical (unpaired) electrons. The smallest absolute Gasteiger partial charge is 0.319 e. The SMILES string of the molecule is C=CCOc1cccc(NC(=O)NC2CC(N(CC(=O)O)CC3CC3)C2)c1. The lowest BCUT2D eigenvalue weighted by molar-refractivity contribution is -0.139. The van der Waals surface area contributed by atoms with Crippen molar-refractivity contribution >= 4 is 17.7 Å². The van der Waals surface area contributed by atoms with Crippen LogP contribution < -0.4 is 15.4 Å². The Morgan fingerprint density at radius 1 is 1.33 bits per heavy atom. The van der Waals surface area contributed by atoms with Crippen LogP contribution >= 0.6 is 0 Å². The Balaban J connectivity index is 1.43. The number of hydrogen-bond acceptors (Lipinski definition) is 4. The molecule has 0 heterocycles. The number of ether oxygens (including phenoxy) is 1. The quantitative estimate of drug-likeness (QED) is 0.549. The molecule has 7 nitrogen and oxygen atoms in total. The van der Waals surface area contributed by atoms with Crippen LogP contribution in [-0.2, 0) is 4.79 Å². The fraction of sp³-hybridized carbons (Fsp3) is 0.500. The Hall–Kier alpha value is -2.54. The molecule has 2 aliphatic rings. The molecule has 0 aliphatic heterocycles. The Bertz CT molecular complexity index is 684. The van der Waals surface area contributed by atoms with E-state index < -0.39 is 5.97 Å². The zero-order valence-electron chi connectivity index (χ0n) is 15.4. The zero-order valence-corrected chi connectivity index (χ0v) is 15.4. The highest BCUT2D eigenvalue weighted by molar-refractivity contribution is 5.89. The van der Waals surface area contributed by atoms with E-state index in [0.717, 1.165) is 19.4 Å². The van der Waals surface area contributed by atoms with Crippen molar-refractivity contribution in [2.45, 2.75) is 37.8 Å². The summed E-state index contributed by atoms with van der Waals surface area (Å²) in [7, 11) is 0. The lowest BCUT2D eigenvalue weighted by Crippen LogP contribution is -2.55. The number of carboxylic acids is 1. The molecule has 3 rings (SSSR count). The number of hydrogen-bond donors (Lipinski definition) is 3. The number of carboxylic acid groups (broad SMARTS) is 1. The van der Waals surface area contributed by atoms with Crippen LogP contribution in [0, 0.1) is 5.92 Å². The Morgan fingerprint density at radius 3 is 2.78 bits per heavy atom. The molecule has 0 aromatic heterocycles. The van der Waals surface area contributed by atoms with Crippen LogP contribution in [0.5, 0.6) is 5.75 Å². The minimum atomic E-state index is -0.789. The fourth-order valence-electron chi connectivity index (χ4n) is 3.32. The molecule has 0 bridgehead atoms. The molecule has 0 unspecified atom stereocenters. The molecule has 0 atom stereocenters. The van der Waals surface area contributed by atoms with E-state index in [0.29, 0.717) is 24.0 Å². The molecule has 146 valence electrons. The van der Waals surface area contributed by atoms with Gasteiger partial charge in [0.2, 0.25) is 0 Å². The van der Waals surface area contributed by atoms with Crippen LogP contribution in [-0.4, -0.2) is 53.8 Å². The van der Waals surface area contributed by atoms with Crippen molar-refractivity contribution in [1.29, 1.82) is 0 Å². The molecular formula is C20H27N3O4. The molecule has 0 spiro atoms. The van der Waals surface area contributed by atoms with E-state index in [9.17, 15) is 9.59 Å². The average molecular weight is 373 g/mol. The van der Waals surface area contributed by atoms with Crippen molar-refractivity contribution in [3.63, 3.8) is 0 Å². The van der Waals surface area contributed by atoms with E-state index in [1.54, 1.807) is 18.2 Å². The number of nitrogens with zero attached hydrogens (tertiary/aromatic N) is 1. The number of urea groups is 1. The molecule has 3 N–H and O–H groups in total. The van der Waals surface area contributed by atoms with E-state index in [1.807, 2.05) is 12.1 Å². The van der Waals surface area contributed by atoms with Gasteiger partial charge < -0.3 is 20.5 Å². The lowest BCUT2D eigenvalue weighted by Gasteiger charge is -2.42. The van der Waals surface area contributed by atoms with Gasteiger partial charge in [0.25, 0.3) is 0 Å². The van der Waals surface area contributed by atoms with Gasteiger partial charge in [0.05, 0.1) is 6.54 Å². The van der Waals surface area contributed by atoms with Crippen molar-refractivity contribution in [3.8, 4) is 5.75 Å². The third kappa shape index (κ3) is 5.99. The number of benzene rings is 1. The Labute approximate surface area is 159 Å². The van der Waals surface area contributed by atoms with Gasteiger partial charge in [0, 0.05) is 30.4 Å². The first-order chi connectivity index (χ1) is 13.0. The molecule has 7 heteroatoms. The number of amides is 2. The highest BCUT2D eigenvalue weighted by atomic mass is 16.5. The van der Waals surface area contributed by atoms with E-state index in [2.05, 4.69) is 22.1 Å². The highest BCUT2D eigenvalue weighted by Gasteiger charge is 2.37. The largest absolute Gasteiger partial charge is 0.489 e. The third-order valence-corrected chi connectivity index (χ3v) is 4.95. The number of carbonyl (C=O) groups excluding carboxylic acids is 1. The lowest BCUT2D eigenvalue weighted by atomic mass is 9.85. The van der Waals surface area contributed by atoms with Crippen molar-refractivity contribution in [1.82, 2.24) is 10.2 Å². The van der Waals surface area contributed by atoms with Gasteiger partial charge in [-0.05, 0) is 43.7 Å². The van der Waals surface area contributed by atoms with Gasteiger partial charge in [-0.1, -0.05) is 18.7 Å². The average Bonchev–Trinajstić information content (AvgIpc) is 3.39. The molecule has 2 fully saturated rings. The van der Waals surface area contributed by atoms with Gasteiger partial charge in [0.1, 0.15) is 12.4 Å². The maximum atomic E-state index is 12.2. The van der Waals surface area contributed by atoms with E-state index in [1.165, 1.54) is 12.8 Å². The maximum absolute atomic E-state index is 12.2. The summed E-state index contributed by atoms with van der Waals surface area (Å²) in [5.41, 5.74) is 0.658. The van der Waals surface area contributed by atoms with Crippen molar-refractivity contribution < 1.29 is 19.4 Å². The number of aliphatic carboxylic acids is 1. The summed E-state index contributed by atoms with van der Waals surface area (Å²) in [6.45, 7) is 4.95. The topological polar surface area (TPSA) is 90.9 Å². The summed E-state index contributed by atoms with van der Waals surface area (Å²) in [5, 5.41) is 14.9. The summed E-state index contributed by atoms with van der Waals surface area (Å²) in [5.74, 6) is 0.527. The second-order valence-corrected chi connectivity index (χ2v) is 7.31. The Morgan fingerprint density at radius 2 is 2.11 bits per heavy atom. The predicted octanol–water partition coefficient (Wildman–Crippen LogP) is 2.70. The molecule has 2 saturated carbocycles. The molecular weight excluding hydrogens is 346 g/mol.